The molecule has 1 amide bonds. The van der Waals surface area contributed by atoms with Crippen LogP contribution in [0, 0.1) is 0 Å². The molecule has 1 unspecified atom stereocenters. The lowest BCUT2D eigenvalue weighted by Gasteiger charge is -2.25. The largest absolute Gasteiger partial charge is 0.334 e. The zero-order valence-corrected chi connectivity index (χ0v) is 12.6. The highest BCUT2D eigenvalue weighted by Crippen LogP contribution is 2.22. The Kier molecular flexibility index (Phi) is 3.83. The Hall–Kier alpha value is -2.75. The summed E-state index contributed by atoms with van der Waals surface area (Å²) in [7, 11) is 1.80. The van der Waals surface area contributed by atoms with Gasteiger partial charge in [0, 0.05) is 31.0 Å². The molecule has 4 heteroatoms. The first-order valence-electron chi connectivity index (χ1n) is 7.19. The van der Waals surface area contributed by atoms with Gasteiger partial charge < -0.3 is 4.90 Å². The van der Waals surface area contributed by atoms with E-state index in [4.69, 9.17) is 0 Å². The smallest absolute Gasteiger partial charge is 0.273 e. The van der Waals surface area contributed by atoms with Crippen LogP contribution in [0.2, 0.25) is 0 Å². The number of nitrogens with zero attached hydrogens (tertiary/aromatic N) is 3. The van der Waals surface area contributed by atoms with E-state index in [2.05, 4.69) is 9.97 Å². The number of benzene rings is 1. The maximum Gasteiger partial charge on any atom is 0.273 e. The molecule has 1 aromatic carbocycles. The second kappa shape index (κ2) is 5.93. The number of rotatable bonds is 3. The van der Waals surface area contributed by atoms with Crippen molar-refractivity contribution in [1.82, 2.24) is 14.9 Å². The van der Waals surface area contributed by atoms with Crippen molar-refractivity contribution in [2.45, 2.75) is 13.0 Å². The van der Waals surface area contributed by atoms with Crippen LogP contribution < -0.4 is 0 Å². The van der Waals surface area contributed by atoms with E-state index >= 15 is 0 Å². The van der Waals surface area contributed by atoms with Gasteiger partial charge in [0.1, 0.15) is 5.69 Å². The van der Waals surface area contributed by atoms with Crippen molar-refractivity contribution in [3.05, 3.63) is 72.3 Å². The second-order valence-corrected chi connectivity index (χ2v) is 5.26. The predicted molar refractivity (Wildman–Crippen MR) is 86.5 cm³/mol. The summed E-state index contributed by atoms with van der Waals surface area (Å²) in [6.07, 6.45) is 5.19. The fraction of sp³-hybridized carbons (Fsp3) is 0.167. The van der Waals surface area contributed by atoms with Gasteiger partial charge in [-0.15, -0.1) is 0 Å². The summed E-state index contributed by atoms with van der Waals surface area (Å²) in [5.74, 6) is -0.0897. The highest BCUT2D eigenvalue weighted by atomic mass is 16.2. The third kappa shape index (κ3) is 2.55. The summed E-state index contributed by atoms with van der Waals surface area (Å²) in [6.45, 7) is 1.99. The van der Waals surface area contributed by atoms with Crippen LogP contribution in [0.5, 0.6) is 0 Å². The average molecular weight is 291 g/mol. The molecule has 22 heavy (non-hydrogen) atoms. The van der Waals surface area contributed by atoms with Crippen LogP contribution >= 0.6 is 0 Å². The van der Waals surface area contributed by atoms with Crippen LogP contribution in [0.4, 0.5) is 0 Å². The Balaban J connectivity index is 1.96. The molecule has 0 aliphatic rings. The highest BCUT2D eigenvalue weighted by Gasteiger charge is 2.21. The van der Waals surface area contributed by atoms with Crippen molar-refractivity contribution >= 4 is 16.7 Å². The van der Waals surface area contributed by atoms with E-state index in [1.54, 1.807) is 30.5 Å². The van der Waals surface area contributed by atoms with Crippen LogP contribution in [0.3, 0.4) is 0 Å². The van der Waals surface area contributed by atoms with E-state index < -0.39 is 0 Å². The molecule has 0 saturated carbocycles. The molecule has 2 heterocycles. The fourth-order valence-corrected chi connectivity index (χ4v) is 2.48. The number of aromatic nitrogens is 2. The number of carbonyl (C=O) groups excluding carboxylic acids is 1. The van der Waals surface area contributed by atoms with Crippen molar-refractivity contribution in [1.29, 1.82) is 0 Å². The Labute approximate surface area is 129 Å². The van der Waals surface area contributed by atoms with Gasteiger partial charge in [-0.2, -0.15) is 0 Å². The summed E-state index contributed by atoms with van der Waals surface area (Å²) in [4.78, 5) is 22.9. The summed E-state index contributed by atoms with van der Waals surface area (Å²) in [5.41, 5.74) is 1.48. The Morgan fingerprint density at radius 2 is 1.91 bits per heavy atom. The summed E-state index contributed by atoms with van der Waals surface area (Å²) in [5, 5.41) is 1.89. The van der Waals surface area contributed by atoms with Gasteiger partial charge in [-0.1, -0.05) is 30.3 Å². The molecule has 0 aliphatic carbocycles. The van der Waals surface area contributed by atoms with Crippen LogP contribution in [0.15, 0.2) is 61.1 Å². The van der Waals surface area contributed by atoms with Gasteiger partial charge in [0.05, 0.1) is 6.04 Å². The zero-order valence-electron chi connectivity index (χ0n) is 12.6. The number of amides is 1. The van der Waals surface area contributed by atoms with Crippen molar-refractivity contribution in [2.75, 3.05) is 7.05 Å². The minimum atomic E-state index is -0.0897. The number of hydrogen-bond donors (Lipinski definition) is 0. The standard InChI is InChI=1S/C18H17N3O/c1-13(15-7-5-10-19-12-15)21(2)18(22)17-16-8-4-3-6-14(16)9-11-20-17/h3-13H,1-2H3. The van der Waals surface area contributed by atoms with E-state index in [0.717, 1.165) is 16.3 Å². The van der Waals surface area contributed by atoms with Crippen LogP contribution in [0.25, 0.3) is 10.8 Å². The normalized spacial score (nSPS) is 12.1. The first-order chi connectivity index (χ1) is 10.7. The second-order valence-electron chi connectivity index (χ2n) is 5.26. The molecule has 0 radical (unpaired) electrons. The molecule has 0 fully saturated rings. The Bertz CT molecular complexity index is 796. The van der Waals surface area contributed by atoms with Gasteiger partial charge in [-0.3, -0.25) is 14.8 Å². The number of pyridine rings is 2. The van der Waals surface area contributed by atoms with Gasteiger partial charge in [-0.05, 0) is 30.0 Å². The molecule has 3 aromatic rings. The molecular weight excluding hydrogens is 274 g/mol. The SMILES string of the molecule is CC(c1cccnc1)N(C)C(=O)c1nccc2ccccc12. The van der Waals surface area contributed by atoms with Crippen LogP contribution in [-0.2, 0) is 0 Å². The lowest BCUT2D eigenvalue weighted by Crippen LogP contribution is -2.30. The first kappa shape index (κ1) is 14.2. The van der Waals surface area contributed by atoms with Gasteiger partial charge in [0.25, 0.3) is 5.91 Å². The highest BCUT2D eigenvalue weighted by molar-refractivity contribution is 6.05. The molecule has 110 valence electrons. The summed E-state index contributed by atoms with van der Waals surface area (Å²) in [6, 6.07) is 13.5. The van der Waals surface area contributed by atoms with Gasteiger partial charge in [0.2, 0.25) is 0 Å². The van der Waals surface area contributed by atoms with Crippen molar-refractivity contribution < 1.29 is 4.79 Å². The average Bonchev–Trinajstić information content (AvgIpc) is 2.60. The molecule has 0 aliphatic heterocycles. The van der Waals surface area contributed by atoms with E-state index in [-0.39, 0.29) is 11.9 Å². The third-order valence-corrected chi connectivity index (χ3v) is 3.94. The fourth-order valence-electron chi connectivity index (χ4n) is 2.48. The van der Waals surface area contributed by atoms with Crippen molar-refractivity contribution in [3.63, 3.8) is 0 Å². The molecule has 2 aromatic heterocycles. The quantitative estimate of drug-likeness (QED) is 0.742. The van der Waals surface area contributed by atoms with Gasteiger partial charge in [-0.25, -0.2) is 0 Å². The molecule has 1 atom stereocenters. The molecule has 3 rings (SSSR count). The molecule has 4 nitrogen and oxygen atoms in total. The Morgan fingerprint density at radius 3 is 2.68 bits per heavy atom. The number of fused-ring (bicyclic) bond motifs is 1. The lowest BCUT2D eigenvalue weighted by molar-refractivity contribution is 0.0738. The summed E-state index contributed by atoms with van der Waals surface area (Å²) < 4.78 is 0. The third-order valence-electron chi connectivity index (χ3n) is 3.94. The molecule has 0 N–H and O–H groups in total. The van der Waals surface area contributed by atoms with Gasteiger partial charge in [0.15, 0.2) is 0 Å². The van der Waals surface area contributed by atoms with E-state index in [1.807, 2.05) is 49.4 Å². The topological polar surface area (TPSA) is 46.1 Å². The Morgan fingerprint density at radius 1 is 1.09 bits per heavy atom. The molecule has 0 saturated heterocycles. The number of hydrogen-bond acceptors (Lipinski definition) is 3. The predicted octanol–water partition coefficient (Wildman–Crippen LogP) is 3.46. The molecular formula is C18H17N3O. The molecule has 0 spiro atoms. The maximum atomic E-state index is 12.8. The minimum Gasteiger partial charge on any atom is -0.334 e. The van der Waals surface area contributed by atoms with Crippen LogP contribution in [-0.4, -0.2) is 27.8 Å². The zero-order chi connectivity index (χ0) is 15.5. The van der Waals surface area contributed by atoms with Gasteiger partial charge >= 0.3 is 0 Å². The monoisotopic (exact) mass is 291 g/mol. The first-order valence-corrected chi connectivity index (χ1v) is 7.19. The number of carbonyl (C=O) groups is 1. The minimum absolute atomic E-state index is 0.0676. The lowest BCUT2D eigenvalue weighted by atomic mass is 10.1. The van der Waals surface area contributed by atoms with E-state index in [1.165, 1.54) is 0 Å². The molecule has 0 bridgehead atoms. The van der Waals surface area contributed by atoms with Crippen molar-refractivity contribution in [3.8, 4) is 0 Å². The summed E-state index contributed by atoms with van der Waals surface area (Å²) >= 11 is 0. The maximum absolute atomic E-state index is 12.8. The van der Waals surface area contributed by atoms with E-state index in [0.29, 0.717) is 5.69 Å². The van der Waals surface area contributed by atoms with Crippen LogP contribution in [0.1, 0.15) is 29.0 Å². The van der Waals surface area contributed by atoms with E-state index in [9.17, 15) is 4.79 Å². The van der Waals surface area contributed by atoms with Crippen molar-refractivity contribution in [2.24, 2.45) is 0 Å².